The number of benzene rings is 1. The first-order valence-corrected chi connectivity index (χ1v) is 9.46. The van der Waals surface area contributed by atoms with E-state index in [0.717, 1.165) is 25.9 Å². The van der Waals surface area contributed by atoms with Crippen LogP contribution in [-0.2, 0) is 11.3 Å². The van der Waals surface area contributed by atoms with Crippen LogP contribution in [0.4, 0.5) is 0 Å². The number of rotatable bonds is 6. The normalized spacial score (nSPS) is 27.4. The van der Waals surface area contributed by atoms with Crippen LogP contribution in [0.1, 0.15) is 32.6 Å². The van der Waals surface area contributed by atoms with Crippen molar-refractivity contribution >= 4 is 10.9 Å². The maximum Gasteiger partial charge on any atom is 0.107 e. The summed E-state index contributed by atoms with van der Waals surface area (Å²) in [6.45, 7) is 4.91. The second-order valence-corrected chi connectivity index (χ2v) is 7.68. The highest BCUT2D eigenvalue weighted by Crippen LogP contribution is 2.37. The predicted octanol–water partition coefficient (Wildman–Crippen LogP) is 3.32. The third-order valence-corrected chi connectivity index (χ3v) is 5.80. The number of aromatic nitrogens is 2. The van der Waals surface area contributed by atoms with Crippen molar-refractivity contribution in [3.05, 3.63) is 30.5 Å². The summed E-state index contributed by atoms with van der Waals surface area (Å²) >= 11 is 0. The second-order valence-electron chi connectivity index (χ2n) is 7.68. The number of fused-ring (bicyclic) bond motifs is 3. The molecule has 2 fully saturated rings. The van der Waals surface area contributed by atoms with Crippen LogP contribution in [0.3, 0.4) is 0 Å². The Morgan fingerprint density at radius 3 is 2.76 bits per heavy atom. The molecule has 4 heteroatoms. The van der Waals surface area contributed by atoms with Gasteiger partial charge in [0.2, 0.25) is 0 Å². The van der Waals surface area contributed by atoms with E-state index in [-0.39, 0.29) is 0 Å². The minimum Gasteiger partial charge on any atom is -0.365 e. The van der Waals surface area contributed by atoms with Gasteiger partial charge in [-0.05, 0) is 37.7 Å². The van der Waals surface area contributed by atoms with Gasteiger partial charge >= 0.3 is 0 Å². The number of ether oxygens (including phenoxy) is 1. The number of nitrogens with zero attached hydrogens (tertiary/aromatic N) is 3. The minimum atomic E-state index is 0.357. The summed E-state index contributed by atoms with van der Waals surface area (Å²) in [5.41, 5.74) is 1.23. The van der Waals surface area contributed by atoms with Crippen LogP contribution in [0.5, 0.6) is 0 Å². The van der Waals surface area contributed by atoms with Gasteiger partial charge in [0.15, 0.2) is 0 Å². The summed E-state index contributed by atoms with van der Waals surface area (Å²) in [6.07, 6.45) is 12.5. The zero-order valence-corrected chi connectivity index (χ0v) is 15.0. The molecule has 0 amide bonds. The van der Waals surface area contributed by atoms with E-state index in [1.54, 1.807) is 0 Å². The molecule has 25 heavy (non-hydrogen) atoms. The van der Waals surface area contributed by atoms with Gasteiger partial charge in [0.25, 0.3) is 0 Å². The molecular weight excluding hydrogens is 310 g/mol. The highest BCUT2D eigenvalue weighted by molar-refractivity contribution is 5.78. The number of hydrogen-bond acceptors (Lipinski definition) is 3. The smallest absolute Gasteiger partial charge is 0.107 e. The molecule has 2 aromatic rings. The quantitative estimate of drug-likeness (QED) is 0.758. The zero-order valence-electron chi connectivity index (χ0n) is 15.0. The van der Waals surface area contributed by atoms with Gasteiger partial charge in [-0.3, -0.25) is 9.58 Å². The highest BCUT2D eigenvalue weighted by atomic mass is 16.5. The molecule has 0 radical (unpaired) electrons. The van der Waals surface area contributed by atoms with Crippen molar-refractivity contribution in [3.63, 3.8) is 0 Å². The molecule has 0 aliphatic carbocycles. The number of piperidine rings is 1. The van der Waals surface area contributed by atoms with Crippen LogP contribution in [0.25, 0.3) is 10.9 Å². The standard InChI is InChI=1S/C21H27N3O/c1-3-10-25-20-11-18-8-9-19(12-20)23(18)14-16(2)15-24-21-7-5-4-6-17(21)13-22-24/h1,4-7,13,16,18-20H,8-12,14-15H2,2H3/t16-,18+,19+/m1/s1. The van der Waals surface area contributed by atoms with Crippen molar-refractivity contribution in [1.29, 1.82) is 0 Å². The van der Waals surface area contributed by atoms with Crippen LogP contribution < -0.4 is 0 Å². The molecule has 3 atom stereocenters. The Bertz CT molecular complexity index is 748. The fraction of sp³-hybridized carbons (Fsp3) is 0.571. The van der Waals surface area contributed by atoms with Gasteiger partial charge in [0.1, 0.15) is 6.61 Å². The highest BCUT2D eigenvalue weighted by Gasteiger charge is 2.41. The molecule has 2 bridgehead atoms. The summed E-state index contributed by atoms with van der Waals surface area (Å²) in [4.78, 5) is 2.73. The van der Waals surface area contributed by atoms with Gasteiger partial charge in [-0.1, -0.05) is 31.0 Å². The van der Waals surface area contributed by atoms with Crippen LogP contribution in [0.15, 0.2) is 30.5 Å². The molecule has 1 aromatic carbocycles. The van der Waals surface area contributed by atoms with Crippen molar-refractivity contribution in [2.45, 2.75) is 57.3 Å². The summed E-state index contributed by atoms with van der Waals surface area (Å²) in [5, 5.41) is 5.81. The van der Waals surface area contributed by atoms with Crippen LogP contribution in [0.2, 0.25) is 0 Å². The lowest BCUT2D eigenvalue weighted by Crippen LogP contribution is -2.47. The zero-order chi connectivity index (χ0) is 17.2. The van der Waals surface area contributed by atoms with Gasteiger partial charge in [-0.15, -0.1) is 6.42 Å². The van der Waals surface area contributed by atoms with E-state index < -0.39 is 0 Å². The Balaban J connectivity index is 1.37. The lowest BCUT2D eigenvalue weighted by Gasteiger charge is -2.40. The molecule has 0 saturated carbocycles. The Hall–Kier alpha value is -1.83. The predicted molar refractivity (Wildman–Crippen MR) is 100 cm³/mol. The Labute approximate surface area is 150 Å². The molecule has 2 aliphatic heterocycles. The van der Waals surface area contributed by atoms with Crippen molar-refractivity contribution in [2.75, 3.05) is 13.2 Å². The molecule has 2 saturated heterocycles. The first kappa shape index (κ1) is 16.6. The Morgan fingerprint density at radius 1 is 1.24 bits per heavy atom. The SMILES string of the molecule is C#CCOC1C[C@@H]2CC[C@@H](C1)N2C[C@@H](C)Cn1ncc2ccccc21. The van der Waals surface area contributed by atoms with Gasteiger partial charge in [-0.25, -0.2) is 0 Å². The molecule has 0 N–H and O–H groups in total. The molecular formula is C21H27N3O. The maximum atomic E-state index is 5.82. The largest absolute Gasteiger partial charge is 0.365 e. The molecule has 0 spiro atoms. The van der Waals surface area contributed by atoms with Gasteiger partial charge in [0.05, 0.1) is 17.8 Å². The fourth-order valence-electron chi connectivity index (χ4n) is 4.71. The number of hydrogen-bond donors (Lipinski definition) is 0. The van der Waals surface area contributed by atoms with E-state index in [1.807, 2.05) is 6.20 Å². The second kappa shape index (κ2) is 7.19. The summed E-state index contributed by atoms with van der Waals surface area (Å²) in [6, 6.07) is 9.78. The number of terminal acetylenes is 1. The summed E-state index contributed by atoms with van der Waals surface area (Å²) in [7, 11) is 0. The van der Waals surface area contributed by atoms with E-state index in [2.05, 4.69) is 51.8 Å². The van der Waals surface area contributed by atoms with Crippen LogP contribution in [-0.4, -0.2) is 46.0 Å². The molecule has 4 nitrogen and oxygen atoms in total. The summed E-state index contributed by atoms with van der Waals surface area (Å²) < 4.78 is 7.98. The van der Waals surface area contributed by atoms with Crippen LogP contribution >= 0.6 is 0 Å². The van der Waals surface area contributed by atoms with Gasteiger partial charge in [-0.2, -0.15) is 5.10 Å². The first-order chi connectivity index (χ1) is 12.2. The van der Waals surface area contributed by atoms with Crippen molar-refractivity contribution in [3.8, 4) is 12.3 Å². The van der Waals surface area contributed by atoms with Crippen molar-refractivity contribution in [1.82, 2.24) is 14.7 Å². The van der Waals surface area contributed by atoms with Crippen molar-refractivity contribution < 1.29 is 4.74 Å². The Morgan fingerprint density at radius 2 is 2.00 bits per heavy atom. The molecule has 1 aromatic heterocycles. The van der Waals surface area contributed by atoms with E-state index in [0.29, 0.717) is 30.7 Å². The third kappa shape index (κ3) is 3.44. The minimum absolute atomic E-state index is 0.357. The average Bonchev–Trinajstić information content (AvgIpc) is 3.11. The molecule has 3 heterocycles. The molecule has 2 aliphatic rings. The summed E-state index contributed by atoms with van der Waals surface area (Å²) in [5.74, 6) is 3.18. The van der Waals surface area contributed by atoms with E-state index in [9.17, 15) is 0 Å². The lowest BCUT2D eigenvalue weighted by atomic mass is 9.98. The van der Waals surface area contributed by atoms with Crippen molar-refractivity contribution in [2.24, 2.45) is 5.92 Å². The maximum absolute atomic E-state index is 5.82. The van der Waals surface area contributed by atoms with E-state index >= 15 is 0 Å². The molecule has 4 rings (SSSR count). The Kier molecular flexibility index (Phi) is 4.78. The molecule has 0 unspecified atom stereocenters. The van der Waals surface area contributed by atoms with Crippen LogP contribution in [0, 0.1) is 18.3 Å². The lowest BCUT2D eigenvalue weighted by molar-refractivity contribution is -0.0117. The molecule has 132 valence electrons. The topological polar surface area (TPSA) is 30.3 Å². The van der Waals surface area contributed by atoms with E-state index in [1.165, 1.54) is 23.7 Å². The van der Waals surface area contributed by atoms with E-state index in [4.69, 9.17) is 11.2 Å². The first-order valence-electron chi connectivity index (χ1n) is 9.46. The van der Waals surface area contributed by atoms with Gasteiger partial charge < -0.3 is 4.74 Å². The monoisotopic (exact) mass is 337 g/mol. The van der Waals surface area contributed by atoms with Gasteiger partial charge in [0, 0.05) is 30.6 Å². The number of para-hydroxylation sites is 1. The fourth-order valence-corrected chi connectivity index (χ4v) is 4.71. The average molecular weight is 337 g/mol. The third-order valence-electron chi connectivity index (χ3n) is 5.80.